The van der Waals surface area contributed by atoms with E-state index in [4.69, 9.17) is 15.9 Å². The second kappa shape index (κ2) is 8.57. The molecule has 1 aliphatic heterocycles. The molecule has 0 radical (unpaired) electrons. The van der Waals surface area contributed by atoms with Crippen LogP contribution in [0, 0.1) is 24.0 Å². The molecule has 7 nitrogen and oxygen atoms in total. The van der Waals surface area contributed by atoms with Gasteiger partial charge >= 0.3 is 5.97 Å². The van der Waals surface area contributed by atoms with Gasteiger partial charge in [-0.25, -0.2) is 13.6 Å². The first-order valence-electron chi connectivity index (χ1n) is 10.9. The molecule has 0 fully saturated rings. The zero-order valence-corrected chi connectivity index (χ0v) is 19.8. The fraction of sp³-hybridized carbons (Fsp3) is 0.231. The molecule has 0 aromatic heterocycles. The standard InChI is InChI=1S/C26H26F2N4O3/c1-14-9-16(5-7-18(14)25(33)34)31-13-26(2,3)32(17-6-8-19(27)21(11-17)35-4)20-10-15(12-29)23(30)22(28)24(20)31/h5-12,29H,13,30H2,1-4H3,(H,33,34). The van der Waals surface area contributed by atoms with Gasteiger partial charge in [-0.05, 0) is 62.7 Å². The average Bonchev–Trinajstić information content (AvgIpc) is 2.80. The number of benzene rings is 3. The van der Waals surface area contributed by atoms with Crippen molar-refractivity contribution in [2.75, 3.05) is 29.2 Å². The Kier molecular flexibility index (Phi) is 5.88. The highest BCUT2D eigenvalue weighted by atomic mass is 19.1. The van der Waals surface area contributed by atoms with E-state index in [2.05, 4.69) is 0 Å². The van der Waals surface area contributed by atoms with Crippen molar-refractivity contribution >= 4 is 40.6 Å². The van der Waals surface area contributed by atoms with E-state index in [1.165, 1.54) is 19.2 Å². The zero-order valence-electron chi connectivity index (χ0n) is 19.8. The number of halogens is 2. The lowest BCUT2D eigenvalue weighted by atomic mass is 9.92. The lowest BCUT2D eigenvalue weighted by Gasteiger charge is -2.50. The molecule has 0 saturated carbocycles. The summed E-state index contributed by atoms with van der Waals surface area (Å²) in [5.74, 6) is -2.22. The molecule has 0 atom stereocenters. The number of carboxylic acid groups (broad SMARTS) is 1. The number of nitrogens with zero attached hydrogens (tertiary/aromatic N) is 2. The number of rotatable bonds is 5. The second-order valence-corrected chi connectivity index (χ2v) is 9.06. The fourth-order valence-corrected chi connectivity index (χ4v) is 4.62. The fourth-order valence-electron chi connectivity index (χ4n) is 4.62. The first-order valence-corrected chi connectivity index (χ1v) is 10.9. The second-order valence-electron chi connectivity index (χ2n) is 9.06. The van der Waals surface area contributed by atoms with Gasteiger partial charge in [-0.3, -0.25) is 0 Å². The van der Waals surface area contributed by atoms with Crippen molar-refractivity contribution in [3.8, 4) is 5.75 Å². The Balaban J connectivity index is 2.00. The maximum atomic E-state index is 15.8. The van der Waals surface area contributed by atoms with Crippen LogP contribution in [0.3, 0.4) is 0 Å². The molecule has 35 heavy (non-hydrogen) atoms. The SMILES string of the molecule is COc1cc(N2c3cc(C=N)c(N)c(F)c3N(c3ccc(C(=O)O)c(C)c3)CC2(C)C)ccc1F. The van der Waals surface area contributed by atoms with Gasteiger partial charge in [0.15, 0.2) is 17.4 Å². The molecule has 0 aliphatic carbocycles. The molecule has 0 saturated heterocycles. The Labute approximate surface area is 201 Å². The van der Waals surface area contributed by atoms with Crippen LogP contribution in [-0.2, 0) is 0 Å². The van der Waals surface area contributed by atoms with Crippen molar-refractivity contribution in [2.24, 2.45) is 0 Å². The van der Waals surface area contributed by atoms with Crippen molar-refractivity contribution in [1.29, 1.82) is 5.41 Å². The largest absolute Gasteiger partial charge is 0.494 e. The van der Waals surface area contributed by atoms with Crippen LogP contribution in [-0.4, -0.2) is 36.5 Å². The van der Waals surface area contributed by atoms with Gasteiger partial charge in [0, 0.05) is 35.8 Å². The molecular weight excluding hydrogens is 454 g/mol. The molecular formula is C26H26F2N4O3. The molecule has 4 rings (SSSR count). The Morgan fingerprint density at radius 3 is 2.46 bits per heavy atom. The Bertz CT molecular complexity index is 1360. The number of nitrogens with two attached hydrogens (primary N) is 1. The molecule has 3 aromatic rings. The van der Waals surface area contributed by atoms with Gasteiger partial charge in [-0.15, -0.1) is 0 Å². The number of nitrogens with one attached hydrogen (secondary N) is 1. The van der Waals surface area contributed by atoms with E-state index >= 15 is 4.39 Å². The third-order valence-corrected chi connectivity index (χ3v) is 6.25. The van der Waals surface area contributed by atoms with E-state index in [9.17, 15) is 14.3 Å². The minimum Gasteiger partial charge on any atom is -0.494 e. The summed E-state index contributed by atoms with van der Waals surface area (Å²) in [6.07, 6.45) is 0.986. The highest BCUT2D eigenvalue weighted by Crippen LogP contribution is 2.50. The van der Waals surface area contributed by atoms with Gasteiger partial charge in [0.1, 0.15) is 5.69 Å². The van der Waals surface area contributed by atoms with Crippen LogP contribution in [0.15, 0.2) is 42.5 Å². The number of anilines is 5. The van der Waals surface area contributed by atoms with Gasteiger partial charge in [0.2, 0.25) is 0 Å². The van der Waals surface area contributed by atoms with Gasteiger partial charge in [0.05, 0.1) is 29.6 Å². The van der Waals surface area contributed by atoms with Crippen LogP contribution in [0.4, 0.5) is 37.2 Å². The molecule has 0 bridgehead atoms. The number of methoxy groups -OCH3 is 1. The van der Waals surface area contributed by atoms with E-state index in [0.29, 0.717) is 29.2 Å². The topological polar surface area (TPSA) is 103 Å². The van der Waals surface area contributed by atoms with E-state index in [1.54, 1.807) is 42.2 Å². The van der Waals surface area contributed by atoms with E-state index in [1.807, 2.05) is 18.7 Å². The minimum absolute atomic E-state index is 0.0466. The predicted octanol–water partition coefficient (Wildman–Crippen LogP) is 5.63. The molecule has 0 unspecified atom stereocenters. The lowest BCUT2D eigenvalue weighted by Crippen LogP contribution is -2.53. The van der Waals surface area contributed by atoms with Crippen molar-refractivity contribution in [3.05, 3.63) is 70.8 Å². The summed E-state index contributed by atoms with van der Waals surface area (Å²) in [5.41, 5.74) is 7.90. The van der Waals surface area contributed by atoms with Gasteiger partial charge in [-0.1, -0.05) is 0 Å². The maximum absolute atomic E-state index is 15.8. The minimum atomic E-state index is -1.05. The summed E-state index contributed by atoms with van der Waals surface area (Å²) in [6, 6.07) is 10.9. The van der Waals surface area contributed by atoms with Crippen molar-refractivity contribution in [1.82, 2.24) is 0 Å². The predicted molar refractivity (Wildman–Crippen MR) is 133 cm³/mol. The first-order chi connectivity index (χ1) is 16.5. The number of fused-ring (bicyclic) bond motifs is 1. The van der Waals surface area contributed by atoms with E-state index < -0.39 is 23.1 Å². The molecule has 1 heterocycles. The highest BCUT2D eigenvalue weighted by molar-refractivity contribution is 5.96. The van der Waals surface area contributed by atoms with E-state index in [0.717, 1.165) is 6.21 Å². The summed E-state index contributed by atoms with van der Waals surface area (Å²) in [7, 11) is 1.37. The number of ether oxygens (including phenoxy) is 1. The van der Waals surface area contributed by atoms with Crippen LogP contribution in [0.25, 0.3) is 0 Å². The number of carboxylic acids is 1. The number of aryl methyl sites for hydroxylation is 1. The quantitative estimate of drug-likeness (QED) is 0.323. The summed E-state index contributed by atoms with van der Waals surface area (Å²) in [6.45, 7) is 5.89. The summed E-state index contributed by atoms with van der Waals surface area (Å²) in [4.78, 5) is 15.1. The third-order valence-electron chi connectivity index (χ3n) is 6.25. The van der Waals surface area contributed by atoms with Gasteiger partial charge in [-0.2, -0.15) is 0 Å². The smallest absolute Gasteiger partial charge is 0.335 e. The molecule has 4 N–H and O–H groups in total. The summed E-state index contributed by atoms with van der Waals surface area (Å²) < 4.78 is 35.2. The van der Waals surface area contributed by atoms with Crippen LogP contribution in [0.2, 0.25) is 0 Å². The van der Waals surface area contributed by atoms with Crippen LogP contribution in [0.5, 0.6) is 5.75 Å². The number of aromatic carboxylic acids is 1. The monoisotopic (exact) mass is 480 g/mol. The molecule has 0 amide bonds. The van der Waals surface area contributed by atoms with Crippen molar-refractivity contribution < 1.29 is 23.4 Å². The van der Waals surface area contributed by atoms with Gasteiger partial charge in [0.25, 0.3) is 0 Å². The van der Waals surface area contributed by atoms with Crippen molar-refractivity contribution in [2.45, 2.75) is 26.3 Å². The highest BCUT2D eigenvalue weighted by Gasteiger charge is 2.41. The first kappa shape index (κ1) is 24.0. The molecule has 182 valence electrons. The number of hydrogen-bond acceptors (Lipinski definition) is 6. The Morgan fingerprint density at radius 2 is 1.86 bits per heavy atom. The lowest BCUT2D eigenvalue weighted by molar-refractivity contribution is 0.0696. The number of nitrogen functional groups attached to an aromatic ring is 1. The average molecular weight is 481 g/mol. The van der Waals surface area contributed by atoms with Gasteiger partial charge < -0.3 is 30.8 Å². The third kappa shape index (κ3) is 3.92. The van der Waals surface area contributed by atoms with Crippen molar-refractivity contribution in [3.63, 3.8) is 0 Å². The Hall–Kier alpha value is -4.14. The van der Waals surface area contributed by atoms with E-state index in [-0.39, 0.29) is 28.3 Å². The molecule has 9 heteroatoms. The summed E-state index contributed by atoms with van der Waals surface area (Å²) in [5, 5.41) is 17.2. The molecule has 0 spiro atoms. The van der Waals surface area contributed by atoms with Crippen LogP contribution < -0.4 is 20.3 Å². The van der Waals surface area contributed by atoms with Crippen LogP contribution in [0.1, 0.15) is 35.3 Å². The Morgan fingerprint density at radius 1 is 1.17 bits per heavy atom. The number of hydrogen-bond donors (Lipinski definition) is 3. The van der Waals surface area contributed by atoms with Crippen LogP contribution >= 0.6 is 0 Å². The number of carbonyl (C=O) groups is 1. The molecule has 3 aromatic carbocycles. The normalized spacial score (nSPS) is 14.5. The maximum Gasteiger partial charge on any atom is 0.335 e. The molecule has 1 aliphatic rings. The zero-order chi connectivity index (χ0) is 25.7. The summed E-state index contributed by atoms with van der Waals surface area (Å²) >= 11 is 0.